The lowest BCUT2D eigenvalue weighted by molar-refractivity contribution is 0.476. The van der Waals surface area contributed by atoms with Crippen LogP contribution in [0.15, 0.2) is 42.5 Å². The fraction of sp³-hybridized carbons (Fsp3) is 0.0769. The van der Waals surface area contributed by atoms with Gasteiger partial charge in [0.2, 0.25) is 0 Å². The zero-order valence-electron chi connectivity index (χ0n) is 8.79. The average molecular weight is 271 g/mol. The van der Waals surface area contributed by atoms with Crippen molar-refractivity contribution in [2.45, 2.75) is 5.88 Å². The van der Waals surface area contributed by atoms with Gasteiger partial charge in [0.15, 0.2) is 0 Å². The van der Waals surface area contributed by atoms with Crippen LogP contribution in [-0.2, 0) is 5.88 Å². The van der Waals surface area contributed by atoms with Gasteiger partial charge in [0.1, 0.15) is 17.3 Å². The Balaban J connectivity index is 2.16. The van der Waals surface area contributed by atoms with Gasteiger partial charge < -0.3 is 4.74 Å². The Morgan fingerprint density at radius 1 is 1.00 bits per heavy atom. The van der Waals surface area contributed by atoms with E-state index in [1.54, 1.807) is 18.2 Å². The van der Waals surface area contributed by atoms with Crippen molar-refractivity contribution in [3.63, 3.8) is 0 Å². The van der Waals surface area contributed by atoms with Gasteiger partial charge in [-0.25, -0.2) is 4.39 Å². The van der Waals surface area contributed by atoms with Crippen LogP contribution in [-0.4, -0.2) is 0 Å². The zero-order chi connectivity index (χ0) is 12.3. The van der Waals surface area contributed by atoms with Crippen molar-refractivity contribution in [1.82, 2.24) is 0 Å². The molecule has 2 rings (SSSR count). The number of rotatable bonds is 3. The Labute approximate surface area is 109 Å². The lowest BCUT2D eigenvalue weighted by atomic mass is 10.2. The molecular weight excluding hydrogens is 262 g/mol. The van der Waals surface area contributed by atoms with E-state index in [4.69, 9.17) is 27.9 Å². The zero-order valence-corrected chi connectivity index (χ0v) is 10.3. The highest BCUT2D eigenvalue weighted by atomic mass is 35.5. The molecule has 4 heteroatoms. The van der Waals surface area contributed by atoms with E-state index < -0.39 is 5.82 Å². The molecular formula is C13H9Cl2FO. The minimum Gasteiger partial charge on any atom is -0.457 e. The molecule has 0 fully saturated rings. The monoisotopic (exact) mass is 270 g/mol. The maximum Gasteiger partial charge on any atom is 0.145 e. The van der Waals surface area contributed by atoms with Crippen LogP contribution < -0.4 is 4.74 Å². The Morgan fingerprint density at radius 2 is 1.65 bits per heavy atom. The van der Waals surface area contributed by atoms with Crippen LogP contribution in [0.4, 0.5) is 4.39 Å². The Kier molecular flexibility index (Phi) is 3.87. The SMILES string of the molecule is Fc1cc(Oc2ccc(CCl)cc2)ccc1Cl. The first-order valence-electron chi connectivity index (χ1n) is 4.97. The summed E-state index contributed by atoms with van der Waals surface area (Å²) in [7, 11) is 0. The van der Waals surface area contributed by atoms with Gasteiger partial charge in [0.25, 0.3) is 0 Å². The summed E-state index contributed by atoms with van der Waals surface area (Å²) >= 11 is 11.3. The summed E-state index contributed by atoms with van der Waals surface area (Å²) in [5, 5.41) is 0.0786. The van der Waals surface area contributed by atoms with Gasteiger partial charge in [0.05, 0.1) is 5.02 Å². The first-order valence-corrected chi connectivity index (χ1v) is 5.88. The molecule has 0 unspecified atom stereocenters. The number of halogens is 3. The molecule has 0 aliphatic carbocycles. The van der Waals surface area contributed by atoms with Crippen molar-refractivity contribution < 1.29 is 9.13 Å². The van der Waals surface area contributed by atoms with E-state index in [0.717, 1.165) is 5.56 Å². The fourth-order valence-electron chi connectivity index (χ4n) is 1.32. The third-order valence-corrected chi connectivity index (χ3v) is 2.82. The maximum absolute atomic E-state index is 13.2. The van der Waals surface area contributed by atoms with E-state index >= 15 is 0 Å². The van der Waals surface area contributed by atoms with Gasteiger partial charge in [-0.15, -0.1) is 11.6 Å². The minimum absolute atomic E-state index is 0.0786. The molecule has 2 aromatic carbocycles. The second-order valence-corrected chi connectivity index (χ2v) is 4.13. The van der Waals surface area contributed by atoms with E-state index in [2.05, 4.69) is 0 Å². The third kappa shape index (κ3) is 3.11. The molecule has 0 saturated carbocycles. The molecule has 0 heterocycles. The summed E-state index contributed by atoms with van der Waals surface area (Å²) in [6.45, 7) is 0. The second-order valence-electron chi connectivity index (χ2n) is 3.46. The van der Waals surface area contributed by atoms with Gasteiger partial charge in [0, 0.05) is 11.9 Å². The van der Waals surface area contributed by atoms with Crippen LogP contribution in [0.3, 0.4) is 0 Å². The van der Waals surface area contributed by atoms with E-state index in [1.807, 2.05) is 12.1 Å². The van der Waals surface area contributed by atoms with Crippen molar-refractivity contribution >= 4 is 23.2 Å². The summed E-state index contributed by atoms with van der Waals surface area (Å²) < 4.78 is 18.6. The van der Waals surface area contributed by atoms with Gasteiger partial charge in [-0.05, 0) is 29.8 Å². The minimum atomic E-state index is -0.499. The predicted octanol–water partition coefficient (Wildman–Crippen LogP) is 5.01. The fourth-order valence-corrected chi connectivity index (χ4v) is 1.62. The maximum atomic E-state index is 13.2. The molecule has 0 aliphatic heterocycles. The largest absolute Gasteiger partial charge is 0.457 e. The molecule has 0 aliphatic rings. The molecule has 17 heavy (non-hydrogen) atoms. The van der Waals surface area contributed by atoms with Crippen LogP contribution in [0.2, 0.25) is 5.02 Å². The molecule has 0 radical (unpaired) electrons. The lowest BCUT2D eigenvalue weighted by Gasteiger charge is -2.06. The van der Waals surface area contributed by atoms with E-state index in [9.17, 15) is 4.39 Å². The highest BCUT2D eigenvalue weighted by Crippen LogP contribution is 2.25. The van der Waals surface area contributed by atoms with Crippen molar-refractivity contribution in [3.8, 4) is 11.5 Å². The van der Waals surface area contributed by atoms with Gasteiger partial charge >= 0.3 is 0 Å². The smallest absolute Gasteiger partial charge is 0.145 e. The standard InChI is InChI=1S/C13H9Cl2FO/c14-8-9-1-3-10(4-2-9)17-11-5-6-12(15)13(16)7-11/h1-7H,8H2. The predicted molar refractivity (Wildman–Crippen MR) is 67.5 cm³/mol. The molecule has 1 nitrogen and oxygen atoms in total. The molecule has 2 aromatic rings. The lowest BCUT2D eigenvalue weighted by Crippen LogP contribution is -1.86. The van der Waals surface area contributed by atoms with E-state index in [1.165, 1.54) is 12.1 Å². The normalized spacial score (nSPS) is 10.3. The van der Waals surface area contributed by atoms with Crippen LogP contribution in [0, 0.1) is 5.82 Å². The molecule has 0 bridgehead atoms. The third-order valence-electron chi connectivity index (χ3n) is 2.20. The first kappa shape index (κ1) is 12.2. The quantitative estimate of drug-likeness (QED) is 0.713. The first-order chi connectivity index (χ1) is 8.19. The summed E-state index contributed by atoms with van der Waals surface area (Å²) in [5.41, 5.74) is 1.00. The summed E-state index contributed by atoms with van der Waals surface area (Å²) in [4.78, 5) is 0. The number of hydrogen-bond donors (Lipinski definition) is 0. The molecule has 0 aromatic heterocycles. The highest BCUT2D eigenvalue weighted by molar-refractivity contribution is 6.30. The molecule has 0 spiro atoms. The number of alkyl halides is 1. The van der Waals surface area contributed by atoms with Crippen molar-refractivity contribution in [2.24, 2.45) is 0 Å². The molecule has 0 saturated heterocycles. The number of hydrogen-bond acceptors (Lipinski definition) is 1. The van der Waals surface area contributed by atoms with Crippen LogP contribution in [0.1, 0.15) is 5.56 Å². The van der Waals surface area contributed by atoms with Gasteiger partial charge in [-0.2, -0.15) is 0 Å². The molecule has 0 N–H and O–H groups in total. The van der Waals surface area contributed by atoms with Crippen molar-refractivity contribution in [2.75, 3.05) is 0 Å². The van der Waals surface area contributed by atoms with Crippen LogP contribution >= 0.6 is 23.2 Å². The average Bonchev–Trinajstić information content (AvgIpc) is 2.35. The molecule has 0 atom stereocenters. The topological polar surface area (TPSA) is 9.23 Å². The second kappa shape index (κ2) is 5.39. The number of benzene rings is 2. The van der Waals surface area contributed by atoms with Gasteiger partial charge in [-0.1, -0.05) is 23.7 Å². The summed E-state index contributed by atoms with van der Waals surface area (Å²) in [5.74, 6) is 0.989. The van der Waals surface area contributed by atoms with Crippen LogP contribution in [0.25, 0.3) is 0 Å². The summed E-state index contributed by atoms with van der Waals surface area (Å²) in [6, 6.07) is 11.6. The Morgan fingerprint density at radius 3 is 2.24 bits per heavy atom. The van der Waals surface area contributed by atoms with Crippen molar-refractivity contribution in [3.05, 3.63) is 58.9 Å². The highest BCUT2D eigenvalue weighted by Gasteiger charge is 2.03. The molecule has 0 amide bonds. The van der Waals surface area contributed by atoms with Crippen molar-refractivity contribution in [1.29, 1.82) is 0 Å². The Hall–Kier alpha value is -1.25. The van der Waals surface area contributed by atoms with Gasteiger partial charge in [-0.3, -0.25) is 0 Å². The summed E-state index contributed by atoms with van der Waals surface area (Å²) in [6.07, 6.45) is 0. The molecule has 88 valence electrons. The van der Waals surface area contributed by atoms with Crippen LogP contribution in [0.5, 0.6) is 11.5 Å². The Bertz CT molecular complexity index is 511. The van der Waals surface area contributed by atoms with E-state index in [0.29, 0.717) is 17.4 Å². The van der Waals surface area contributed by atoms with E-state index in [-0.39, 0.29) is 5.02 Å². The number of ether oxygens (including phenoxy) is 1.